The molecular weight excluding hydrogens is 302 g/mol. The molecule has 0 saturated carbocycles. The molecule has 0 radical (unpaired) electrons. The molecule has 1 aliphatic heterocycles. The predicted molar refractivity (Wildman–Crippen MR) is 99.2 cm³/mol. The first-order chi connectivity index (χ1) is 11.4. The maximum absolute atomic E-state index is 11.0. The fourth-order valence-corrected chi connectivity index (χ4v) is 3.79. The number of likely N-dealkylation sites (tertiary alicyclic amines) is 1. The van der Waals surface area contributed by atoms with Gasteiger partial charge in [0.15, 0.2) is 0 Å². The highest BCUT2D eigenvalue weighted by molar-refractivity contribution is 5.60. The summed E-state index contributed by atoms with van der Waals surface area (Å²) in [4.78, 5) is 13.1. The fraction of sp³-hybridized carbons (Fsp3) is 0.684. The molecule has 5 nitrogen and oxygen atoms in total. The Bertz CT molecular complexity index is 576. The van der Waals surface area contributed by atoms with Gasteiger partial charge in [0.1, 0.15) is 5.69 Å². The number of hydrogen-bond acceptors (Lipinski definition) is 4. The minimum atomic E-state index is -0.413. The standard InChI is InChI=1S/C19H31N3O2/c1-4-5-6-7-11-21-12-10-19(3,15(2)14-21)16-8-9-18(22(23)24)17(20)13-16/h8-9,13,15H,4-7,10-12,14,20H2,1-3H3/t15-,19-/m0/s1. The van der Waals surface area contributed by atoms with E-state index in [-0.39, 0.29) is 16.8 Å². The first kappa shape index (κ1) is 18.7. The van der Waals surface area contributed by atoms with Gasteiger partial charge in [0.2, 0.25) is 0 Å². The van der Waals surface area contributed by atoms with Gasteiger partial charge in [-0.2, -0.15) is 0 Å². The molecule has 1 saturated heterocycles. The van der Waals surface area contributed by atoms with Gasteiger partial charge < -0.3 is 10.6 Å². The van der Waals surface area contributed by atoms with Crippen LogP contribution in [0.5, 0.6) is 0 Å². The van der Waals surface area contributed by atoms with Gasteiger partial charge in [0, 0.05) is 12.6 Å². The highest BCUT2D eigenvalue weighted by Gasteiger charge is 2.38. The van der Waals surface area contributed by atoms with E-state index < -0.39 is 4.92 Å². The zero-order valence-electron chi connectivity index (χ0n) is 15.3. The van der Waals surface area contributed by atoms with Gasteiger partial charge in [-0.1, -0.05) is 46.1 Å². The Hall–Kier alpha value is -1.62. The lowest BCUT2D eigenvalue weighted by molar-refractivity contribution is -0.383. The van der Waals surface area contributed by atoms with Gasteiger partial charge in [-0.3, -0.25) is 10.1 Å². The minimum absolute atomic E-state index is 0.00311. The molecule has 1 fully saturated rings. The van der Waals surface area contributed by atoms with E-state index in [0.717, 1.165) is 25.1 Å². The van der Waals surface area contributed by atoms with Crippen LogP contribution in [-0.4, -0.2) is 29.5 Å². The number of rotatable bonds is 7. The summed E-state index contributed by atoms with van der Waals surface area (Å²) in [7, 11) is 0. The van der Waals surface area contributed by atoms with Crippen LogP contribution < -0.4 is 5.73 Å². The molecule has 0 unspecified atom stereocenters. The molecule has 2 atom stereocenters. The SMILES string of the molecule is CCCCCCN1CC[C@](C)(c2ccc([N+](=O)[O-])c(N)c2)[C@@H](C)C1. The zero-order chi connectivity index (χ0) is 17.7. The van der Waals surface area contributed by atoms with E-state index in [4.69, 9.17) is 5.73 Å². The molecule has 1 aromatic rings. The molecule has 134 valence electrons. The lowest BCUT2D eigenvalue weighted by Gasteiger charge is -2.45. The molecule has 0 aromatic heterocycles. The molecule has 2 N–H and O–H groups in total. The zero-order valence-corrected chi connectivity index (χ0v) is 15.3. The lowest BCUT2D eigenvalue weighted by Crippen LogP contribution is -2.47. The summed E-state index contributed by atoms with van der Waals surface area (Å²) in [5, 5.41) is 11.0. The maximum Gasteiger partial charge on any atom is 0.292 e. The van der Waals surface area contributed by atoms with E-state index in [2.05, 4.69) is 25.7 Å². The number of nitrogen functional groups attached to an aromatic ring is 1. The van der Waals surface area contributed by atoms with Crippen LogP contribution in [0.1, 0.15) is 58.4 Å². The Kier molecular flexibility index (Phi) is 6.21. The number of nitrogens with two attached hydrogens (primary N) is 1. The van der Waals surface area contributed by atoms with Crippen molar-refractivity contribution >= 4 is 11.4 Å². The number of benzene rings is 1. The van der Waals surface area contributed by atoms with E-state index in [9.17, 15) is 10.1 Å². The van der Waals surface area contributed by atoms with E-state index >= 15 is 0 Å². The van der Waals surface area contributed by atoms with Gasteiger partial charge >= 0.3 is 0 Å². The first-order valence-electron chi connectivity index (χ1n) is 9.15. The number of nitro groups is 1. The average molecular weight is 333 g/mol. The largest absolute Gasteiger partial charge is 0.393 e. The van der Waals surface area contributed by atoms with Crippen molar-refractivity contribution in [3.05, 3.63) is 33.9 Å². The Balaban J connectivity index is 2.03. The highest BCUT2D eigenvalue weighted by Crippen LogP contribution is 2.41. The van der Waals surface area contributed by atoms with Crippen LogP contribution in [0.4, 0.5) is 11.4 Å². The van der Waals surface area contributed by atoms with E-state index in [1.807, 2.05) is 12.1 Å². The Labute approximate surface area is 145 Å². The molecule has 1 aliphatic rings. The predicted octanol–water partition coefficient (Wildman–Crippen LogP) is 4.36. The maximum atomic E-state index is 11.0. The van der Waals surface area contributed by atoms with Crippen molar-refractivity contribution in [3.8, 4) is 0 Å². The van der Waals surface area contributed by atoms with Crippen molar-refractivity contribution in [3.63, 3.8) is 0 Å². The van der Waals surface area contributed by atoms with Gasteiger partial charge in [-0.05, 0) is 48.9 Å². The monoisotopic (exact) mass is 333 g/mol. The number of anilines is 1. The Morgan fingerprint density at radius 2 is 2.12 bits per heavy atom. The molecule has 1 aromatic carbocycles. The number of nitrogens with zero attached hydrogens (tertiary/aromatic N) is 2. The Morgan fingerprint density at radius 1 is 1.38 bits per heavy atom. The van der Waals surface area contributed by atoms with Crippen molar-refractivity contribution in [1.82, 2.24) is 4.90 Å². The van der Waals surface area contributed by atoms with E-state index in [1.54, 1.807) is 6.07 Å². The molecule has 0 bridgehead atoms. The van der Waals surface area contributed by atoms with Gasteiger partial charge in [0.25, 0.3) is 5.69 Å². The van der Waals surface area contributed by atoms with Gasteiger partial charge in [-0.25, -0.2) is 0 Å². The number of unbranched alkanes of at least 4 members (excludes halogenated alkanes) is 3. The average Bonchev–Trinajstić information content (AvgIpc) is 2.54. The summed E-state index contributed by atoms with van der Waals surface area (Å²) < 4.78 is 0. The van der Waals surface area contributed by atoms with Crippen LogP contribution in [0.3, 0.4) is 0 Å². The molecule has 0 amide bonds. The molecule has 0 spiro atoms. The third-order valence-electron chi connectivity index (χ3n) is 5.78. The minimum Gasteiger partial charge on any atom is -0.393 e. The second kappa shape index (κ2) is 7.97. The molecule has 5 heteroatoms. The molecule has 2 rings (SSSR count). The number of nitro benzene ring substituents is 1. The summed E-state index contributed by atoms with van der Waals surface area (Å²) in [5.74, 6) is 0.498. The number of piperidine rings is 1. The highest BCUT2D eigenvalue weighted by atomic mass is 16.6. The lowest BCUT2D eigenvalue weighted by atomic mass is 9.68. The van der Waals surface area contributed by atoms with Crippen LogP contribution in [0.2, 0.25) is 0 Å². The van der Waals surface area contributed by atoms with Crippen molar-refractivity contribution in [2.75, 3.05) is 25.4 Å². The van der Waals surface area contributed by atoms with Crippen LogP contribution in [0.25, 0.3) is 0 Å². The third-order valence-corrected chi connectivity index (χ3v) is 5.78. The quantitative estimate of drug-likeness (QED) is 0.348. The normalized spacial score (nSPS) is 24.9. The van der Waals surface area contributed by atoms with Crippen molar-refractivity contribution < 1.29 is 4.92 Å². The fourth-order valence-electron chi connectivity index (χ4n) is 3.79. The second-order valence-electron chi connectivity index (χ2n) is 7.46. The van der Waals surface area contributed by atoms with Crippen LogP contribution in [0, 0.1) is 16.0 Å². The first-order valence-corrected chi connectivity index (χ1v) is 9.15. The van der Waals surface area contributed by atoms with Crippen molar-refractivity contribution in [2.45, 2.75) is 58.3 Å². The summed E-state index contributed by atoms with van der Waals surface area (Å²) in [6.07, 6.45) is 6.26. The Morgan fingerprint density at radius 3 is 2.71 bits per heavy atom. The van der Waals surface area contributed by atoms with Crippen molar-refractivity contribution in [2.24, 2.45) is 5.92 Å². The van der Waals surface area contributed by atoms with E-state index in [0.29, 0.717) is 5.92 Å². The number of hydrogen-bond donors (Lipinski definition) is 1. The van der Waals surface area contributed by atoms with Crippen molar-refractivity contribution in [1.29, 1.82) is 0 Å². The summed E-state index contributed by atoms with van der Waals surface area (Å²) in [5.41, 5.74) is 7.34. The van der Waals surface area contributed by atoms with Crippen LogP contribution in [-0.2, 0) is 5.41 Å². The summed E-state index contributed by atoms with van der Waals surface area (Å²) in [6.45, 7) is 10.2. The smallest absolute Gasteiger partial charge is 0.292 e. The molecular formula is C19H31N3O2. The van der Waals surface area contributed by atoms with Gasteiger partial charge in [-0.15, -0.1) is 0 Å². The second-order valence-corrected chi connectivity index (χ2v) is 7.46. The summed E-state index contributed by atoms with van der Waals surface area (Å²) >= 11 is 0. The van der Waals surface area contributed by atoms with Crippen LogP contribution >= 0.6 is 0 Å². The summed E-state index contributed by atoms with van der Waals surface area (Å²) in [6, 6.07) is 5.26. The molecule has 24 heavy (non-hydrogen) atoms. The topological polar surface area (TPSA) is 72.4 Å². The van der Waals surface area contributed by atoms with Crippen LogP contribution in [0.15, 0.2) is 18.2 Å². The third kappa shape index (κ3) is 4.07. The molecule has 0 aliphatic carbocycles. The molecule has 1 heterocycles. The van der Waals surface area contributed by atoms with Gasteiger partial charge in [0.05, 0.1) is 4.92 Å². The van der Waals surface area contributed by atoms with E-state index in [1.165, 1.54) is 32.2 Å².